The minimum atomic E-state index is 1.00. The SMILES string of the molecule is C1=CCC/C=C\CC1.C=CO/C=C/CC/C=C/CC/C=C/c1ccccc1. The molecule has 0 aromatic heterocycles. The molecule has 1 aliphatic carbocycles. The summed E-state index contributed by atoms with van der Waals surface area (Å²) in [6, 6.07) is 10.4. The lowest BCUT2D eigenvalue weighted by Gasteiger charge is -1.92. The summed E-state index contributed by atoms with van der Waals surface area (Å²) >= 11 is 0. The Balaban J connectivity index is 0.000000377. The van der Waals surface area contributed by atoms with Crippen LogP contribution in [0.1, 0.15) is 56.9 Å². The van der Waals surface area contributed by atoms with Crippen LogP contribution in [0.3, 0.4) is 0 Å². The van der Waals surface area contributed by atoms with Crippen LogP contribution >= 0.6 is 0 Å². The summed E-state index contributed by atoms with van der Waals surface area (Å²) in [5.41, 5.74) is 1.26. The molecule has 0 unspecified atom stereocenters. The van der Waals surface area contributed by atoms with Gasteiger partial charge in [0, 0.05) is 0 Å². The molecule has 1 aromatic rings. The zero-order chi connectivity index (χ0) is 19.3. The van der Waals surface area contributed by atoms with Crippen LogP contribution < -0.4 is 0 Å². The summed E-state index contributed by atoms with van der Waals surface area (Å²) in [4.78, 5) is 0. The molecule has 0 spiro atoms. The summed E-state index contributed by atoms with van der Waals surface area (Å²) in [5.74, 6) is 0. The average Bonchev–Trinajstić information content (AvgIpc) is 2.67. The van der Waals surface area contributed by atoms with Crippen LogP contribution in [-0.4, -0.2) is 0 Å². The van der Waals surface area contributed by atoms with Gasteiger partial charge < -0.3 is 4.74 Å². The molecule has 0 saturated heterocycles. The van der Waals surface area contributed by atoms with E-state index in [4.69, 9.17) is 4.74 Å². The van der Waals surface area contributed by atoms with Gasteiger partial charge in [-0.05, 0) is 63.0 Å². The number of ether oxygens (including phenoxy) is 1. The van der Waals surface area contributed by atoms with E-state index < -0.39 is 0 Å². The van der Waals surface area contributed by atoms with E-state index in [9.17, 15) is 0 Å². The van der Waals surface area contributed by atoms with E-state index in [1.807, 2.05) is 12.1 Å². The van der Waals surface area contributed by atoms with Crippen LogP contribution in [0.15, 0.2) is 98.0 Å². The summed E-state index contributed by atoms with van der Waals surface area (Å²) in [6.07, 6.45) is 32.2. The normalized spacial score (nSPS) is 15.3. The Morgan fingerprint density at radius 3 is 1.78 bits per heavy atom. The van der Waals surface area contributed by atoms with Crippen molar-refractivity contribution in [3.63, 3.8) is 0 Å². The van der Waals surface area contributed by atoms with Gasteiger partial charge in [0.1, 0.15) is 0 Å². The standard InChI is InChI=1S/C18H22O.C8H12/c1-2-19-17-13-8-6-4-3-5-7-10-14-18-15-11-9-12-16-18;1-2-4-6-8-7-5-3-1/h2-4,9-17H,1,5-8H2;1-2,7-8H,3-6H2/b4-3+,14-10+,17-13+;2-1-,8-7?. The van der Waals surface area contributed by atoms with Gasteiger partial charge in [0.15, 0.2) is 0 Å². The van der Waals surface area contributed by atoms with Gasteiger partial charge >= 0.3 is 0 Å². The molecule has 0 radical (unpaired) electrons. The van der Waals surface area contributed by atoms with Crippen LogP contribution in [0.2, 0.25) is 0 Å². The number of hydrogen-bond donors (Lipinski definition) is 0. The molecule has 0 amide bonds. The molecule has 1 aliphatic rings. The van der Waals surface area contributed by atoms with E-state index in [-0.39, 0.29) is 0 Å². The molecular formula is C26H34O. The summed E-state index contributed by atoms with van der Waals surface area (Å²) < 4.78 is 4.89. The van der Waals surface area contributed by atoms with E-state index in [0.29, 0.717) is 0 Å². The molecule has 0 N–H and O–H groups in total. The van der Waals surface area contributed by atoms with Gasteiger partial charge in [0.2, 0.25) is 0 Å². The van der Waals surface area contributed by atoms with Crippen LogP contribution in [0.25, 0.3) is 6.08 Å². The smallest absolute Gasteiger partial charge is 0.0861 e. The van der Waals surface area contributed by atoms with E-state index in [0.717, 1.165) is 25.7 Å². The van der Waals surface area contributed by atoms with Crippen molar-refractivity contribution in [1.82, 2.24) is 0 Å². The fourth-order valence-electron chi connectivity index (χ4n) is 2.44. The lowest BCUT2D eigenvalue weighted by molar-refractivity contribution is 0.402. The number of allylic oxidation sites excluding steroid dienone is 8. The Hall–Kier alpha value is -2.54. The predicted octanol–water partition coefficient (Wildman–Crippen LogP) is 8.16. The maximum Gasteiger partial charge on any atom is 0.0861 e. The second kappa shape index (κ2) is 18.3. The van der Waals surface area contributed by atoms with E-state index in [1.165, 1.54) is 37.5 Å². The Labute approximate surface area is 166 Å². The van der Waals surface area contributed by atoms with E-state index in [2.05, 4.69) is 79.5 Å². The van der Waals surface area contributed by atoms with Crippen molar-refractivity contribution in [2.45, 2.75) is 51.4 Å². The molecule has 2 rings (SSSR count). The largest absolute Gasteiger partial charge is 0.474 e. The monoisotopic (exact) mass is 362 g/mol. The maximum atomic E-state index is 4.89. The quantitative estimate of drug-likeness (QED) is 0.244. The van der Waals surface area contributed by atoms with Gasteiger partial charge in [0.05, 0.1) is 12.5 Å². The molecule has 1 heteroatoms. The first-order chi connectivity index (χ1) is 13.4. The minimum Gasteiger partial charge on any atom is -0.474 e. The fraction of sp³-hybridized carbons (Fsp3) is 0.308. The van der Waals surface area contributed by atoms with Crippen molar-refractivity contribution in [1.29, 1.82) is 0 Å². The number of hydrogen-bond acceptors (Lipinski definition) is 1. The molecular weight excluding hydrogens is 328 g/mol. The van der Waals surface area contributed by atoms with E-state index in [1.54, 1.807) is 6.26 Å². The molecule has 0 heterocycles. The second-order valence-electron chi connectivity index (χ2n) is 6.21. The first kappa shape index (κ1) is 22.5. The van der Waals surface area contributed by atoms with Gasteiger partial charge in [-0.2, -0.15) is 0 Å². The van der Waals surface area contributed by atoms with Gasteiger partial charge in [-0.25, -0.2) is 0 Å². The summed E-state index contributed by atoms with van der Waals surface area (Å²) in [7, 11) is 0. The highest BCUT2D eigenvalue weighted by atomic mass is 16.5. The Kier molecular flexibility index (Phi) is 15.2. The molecule has 0 fully saturated rings. The average molecular weight is 363 g/mol. The number of unbranched alkanes of at least 4 members (excludes halogenated alkanes) is 2. The molecule has 1 nitrogen and oxygen atoms in total. The molecule has 0 bridgehead atoms. The highest BCUT2D eigenvalue weighted by Crippen LogP contribution is 2.04. The van der Waals surface area contributed by atoms with Crippen molar-refractivity contribution < 1.29 is 4.74 Å². The molecule has 0 aliphatic heterocycles. The Morgan fingerprint density at radius 2 is 1.22 bits per heavy atom. The second-order valence-corrected chi connectivity index (χ2v) is 6.21. The van der Waals surface area contributed by atoms with Gasteiger partial charge in [0.25, 0.3) is 0 Å². The zero-order valence-electron chi connectivity index (χ0n) is 16.5. The third kappa shape index (κ3) is 15.4. The van der Waals surface area contributed by atoms with Crippen LogP contribution in [0, 0.1) is 0 Å². The Bertz CT molecular complexity index is 576. The fourth-order valence-corrected chi connectivity index (χ4v) is 2.44. The lowest BCUT2D eigenvalue weighted by Crippen LogP contribution is -1.71. The van der Waals surface area contributed by atoms with Crippen molar-refractivity contribution >= 4 is 6.08 Å². The van der Waals surface area contributed by atoms with Gasteiger partial charge in [-0.15, -0.1) is 0 Å². The third-order valence-corrected chi connectivity index (χ3v) is 3.88. The van der Waals surface area contributed by atoms with Crippen molar-refractivity contribution in [2.75, 3.05) is 0 Å². The van der Waals surface area contributed by atoms with Gasteiger partial charge in [-0.3, -0.25) is 0 Å². The molecule has 1 aromatic carbocycles. The van der Waals surface area contributed by atoms with Crippen LogP contribution in [0.4, 0.5) is 0 Å². The van der Waals surface area contributed by atoms with Crippen molar-refractivity contribution in [3.8, 4) is 0 Å². The van der Waals surface area contributed by atoms with Crippen molar-refractivity contribution in [3.05, 3.63) is 104 Å². The van der Waals surface area contributed by atoms with Gasteiger partial charge in [-0.1, -0.05) is 85.5 Å². The number of rotatable bonds is 9. The van der Waals surface area contributed by atoms with E-state index >= 15 is 0 Å². The highest BCUT2D eigenvalue weighted by Gasteiger charge is 1.83. The first-order valence-corrected chi connectivity index (χ1v) is 10.0. The highest BCUT2D eigenvalue weighted by molar-refractivity contribution is 5.48. The summed E-state index contributed by atoms with van der Waals surface area (Å²) in [6.45, 7) is 3.46. The molecule has 144 valence electrons. The minimum absolute atomic E-state index is 1.00. The summed E-state index contributed by atoms with van der Waals surface area (Å²) in [5, 5.41) is 0. The van der Waals surface area contributed by atoms with Crippen LogP contribution in [-0.2, 0) is 4.74 Å². The zero-order valence-corrected chi connectivity index (χ0v) is 16.5. The molecule has 27 heavy (non-hydrogen) atoms. The van der Waals surface area contributed by atoms with Crippen LogP contribution in [0.5, 0.6) is 0 Å². The lowest BCUT2D eigenvalue weighted by atomic mass is 10.1. The maximum absolute atomic E-state index is 4.89. The Morgan fingerprint density at radius 1 is 0.704 bits per heavy atom. The first-order valence-electron chi connectivity index (χ1n) is 10.0. The molecule has 0 atom stereocenters. The van der Waals surface area contributed by atoms with Crippen molar-refractivity contribution in [2.24, 2.45) is 0 Å². The topological polar surface area (TPSA) is 9.23 Å². The molecule has 0 saturated carbocycles. The predicted molar refractivity (Wildman–Crippen MR) is 120 cm³/mol. The third-order valence-electron chi connectivity index (χ3n) is 3.88. The number of benzene rings is 1.